The van der Waals surface area contributed by atoms with Gasteiger partial charge in [0.2, 0.25) is 5.91 Å². The average molecular weight is 480 g/mol. The molecule has 34 heavy (non-hydrogen) atoms. The van der Waals surface area contributed by atoms with E-state index in [1.807, 2.05) is 0 Å². The number of benzene rings is 2. The summed E-state index contributed by atoms with van der Waals surface area (Å²) in [6.45, 7) is -8.15. The Kier molecular flexibility index (Phi) is 4.29. The summed E-state index contributed by atoms with van der Waals surface area (Å²) in [5.41, 5.74) is 1.23. The highest BCUT2D eigenvalue weighted by Crippen LogP contribution is 2.42. The summed E-state index contributed by atoms with van der Waals surface area (Å²) in [6, 6.07) is 5.66. The third-order valence-electron chi connectivity index (χ3n) is 5.95. The van der Waals surface area contributed by atoms with Gasteiger partial charge in [-0.3, -0.25) is 4.79 Å². The second-order valence-electron chi connectivity index (χ2n) is 7.98. The SMILES string of the molecule is [2H]C([2H])([2H])Oc1cc2c(cc1OC)C(C([2H])([2H])N(C)C([2H])([2H])CCN1C(=O)Cc3cc(OC)c(OC)cc3C([2H])([2H])C1([2H])[2H])C2. The molecule has 0 spiro atoms. The van der Waals surface area contributed by atoms with Gasteiger partial charge in [-0.1, -0.05) is 0 Å². The number of nitrogens with zero attached hydrogens (tertiary/aromatic N) is 2. The maximum atomic E-state index is 13.4. The van der Waals surface area contributed by atoms with Crippen LogP contribution in [0.25, 0.3) is 0 Å². The first-order valence-corrected chi connectivity index (χ1v) is 10.8. The van der Waals surface area contributed by atoms with Crippen LogP contribution in [0.5, 0.6) is 23.0 Å². The number of amides is 1. The third kappa shape index (κ3) is 4.94. The minimum absolute atomic E-state index is 0.0192. The lowest BCUT2D eigenvalue weighted by atomic mass is 9.77. The fraction of sp³-hybridized carbons (Fsp3) is 0.519. The summed E-state index contributed by atoms with van der Waals surface area (Å²) >= 11 is 0. The summed E-state index contributed by atoms with van der Waals surface area (Å²) in [6.07, 6.45) is -3.48. The van der Waals surface area contributed by atoms with E-state index < -0.39 is 57.7 Å². The number of carbonyl (C=O) groups is 1. The smallest absolute Gasteiger partial charge is 0.227 e. The first-order valence-electron chi connectivity index (χ1n) is 16.3. The Morgan fingerprint density at radius 1 is 1.03 bits per heavy atom. The van der Waals surface area contributed by atoms with Crippen molar-refractivity contribution in [2.75, 3.05) is 61.5 Å². The van der Waals surface area contributed by atoms with E-state index in [4.69, 9.17) is 34.0 Å². The summed E-state index contributed by atoms with van der Waals surface area (Å²) in [5.74, 6) is -1.13. The molecule has 2 aliphatic rings. The van der Waals surface area contributed by atoms with Gasteiger partial charge in [0.25, 0.3) is 0 Å². The van der Waals surface area contributed by atoms with Gasteiger partial charge in [0.05, 0.1) is 38.9 Å². The van der Waals surface area contributed by atoms with Crippen LogP contribution in [-0.2, 0) is 24.0 Å². The fourth-order valence-electron chi connectivity index (χ4n) is 4.09. The van der Waals surface area contributed by atoms with Gasteiger partial charge in [0, 0.05) is 36.4 Å². The van der Waals surface area contributed by atoms with Crippen molar-refractivity contribution in [3.05, 3.63) is 46.5 Å². The van der Waals surface area contributed by atoms with Crippen LogP contribution in [0.3, 0.4) is 0 Å². The van der Waals surface area contributed by atoms with Gasteiger partial charge in [-0.05, 0) is 79.3 Å². The molecule has 0 fully saturated rings. The molecule has 0 bridgehead atoms. The number of aryl methyl sites for hydroxylation is 1. The van der Waals surface area contributed by atoms with Gasteiger partial charge in [-0.2, -0.15) is 0 Å². The highest BCUT2D eigenvalue weighted by Gasteiger charge is 2.29. The molecule has 0 radical (unpaired) electrons. The summed E-state index contributed by atoms with van der Waals surface area (Å²) in [4.78, 5) is 14.9. The minimum atomic E-state index is -2.90. The Morgan fingerprint density at radius 3 is 2.38 bits per heavy atom. The van der Waals surface area contributed by atoms with Crippen LogP contribution in [0.4, 0.5) is 0 Å². The number of methoxy groups -OCH3 is 4. The van der Waals surface area contributed by atoms with Crippen LogP contribution >= 0.6 is 0 Å². The molecule has 7 nitrogen and oxygen atoms in total. The molecule has 0 aromatic heterocycles. The second-order valence-corrected chi connectivity index (χ2v) is 7.98. The number of ether oxygens (including phenoxy) is 4. The maximum absolute atomic E-state index is 13.4. The van der Waals surface area contributed by atoms with Crippen molar-refractivity contribution in [2.45, 2.75) is 31.6 Å². The van der Waals surface area contributed by atoms with Crippen LogP contribution in [0.2, 0.25) is 0 Å². The van der Waals surface area contributed by atoms with Gasteiger partial charge in [0.15, 0.2) is 23.0 Å². The van der Waals surface area contributed by atoms with Crippen molar-refractivity contribution in [2.24, 2.45) is 0 Å². The van der Waals surface area contributed by atoms with Crippen molar-refractivity contribution in [1.29, 1.82) is 0 Å². The molecule has 1 aliphatic heterocycles. The van der Waals surface area contributed by atoms with E-state index in [1.165, 1.54) is 52.6 Å². The zero-order valence-electron chi connectivity index (χ0n) is 30.7. The maximum Gasteiger partial charge on any atom is 0.227 e. The molecule has 0 N–H and O–H groups in total. The Labute approximate surface area is 218 Å². The Morgan fingerprint density at radius 2 is 1.68 bits per heavy atom. The van der Waals surface area contributed by atoms with Crippen LogP contribution in [0.15, 0.2) is 24.3 Å². The lowest BCUT2D eigenvalue weighted by Gasteiger charge is -2.34. The zero-order chi connectivity index (χ0) is 33.9. The fourth-order valence-corrected chi connectivity index (χ4v) is 4.09. The highest BCUT2D eigenvalue weighted by molar-refractivity contribution is 5.80. The van der Waals surface area contributed by atoms with Crippen molar-refractivity contribution in [3.8, 4) is 23.0 Å². The van der Waals surface area contributed by atoms with Crippen molar-refractivity contribution in [1.82, 2.24) is 9.80 Å². The van der Waals surface area contributed by atoms with Crippen LogP contribution < -0.4 is 18.9 Å². The lowest BCUT2D eigenvalue weighted by molar-refractivity contribution is -0.130. The average Bonchev–Trinajstić information content (AvgIpc) is 2.97. The van der Waals surface area contributed by atoms with Gasteiger partial charge < -0.3 is 28.7 Å². The van der Waals surface area contributed by atoms with Crippen molar-refractivity contribution in [3.63, 3.8) is 0 Å². The molecule has 184 valence electrons. The number of fused-ring (bicyclic) bond motifs is 2. The number of hydrogen-bond donors (Lipinski definition) is 0. The molecule has 1 aliphatic carbocycles. The predicted molar refractivity (Wildman–Crippen MR) is 132 cm³/mol. The molecule has 7 heteroatoms. The molecule has 1 amide bonds. The number of hydrogen-bond acceptors (Lipinski definition) is 6. The molecule has 1 heterocycles. The van der Waals surface area contributed by atoms with Crippen LogP contribution in [-0.4, -0.2) is 77.2 Å². The van der Waals surface area contributed by atoms with E-state index in [0.29, 0.717) is 16.0 Å². The van der Waals surface area contributed by atoms with E-state index in [0.717, 1.165) is 4.90 Å². The van der Waals surface area contributed by atoms with Crippen molar-refractivity contribution < 1.29 is 38.8 Å². The molecule has 1 atom stereocenters. The van der Waals surface area contributed by atoms with Crippen LogP contribution in [0, 0.1) is 0 Å². The molecule has 0 saturated heterocycles. The second kappa shape index (κ2) is 10.6. The topological polar surface area (TPSA) is 60.5 Å². The van der Waals surface area contributed by atoms with Gasteiger partial charge in [0.1, 0.15) is 0 Å². The molecule has 2 aromatic carbocycles. The monoisotopic (exact) mass is 479 g/mol. The first-order chi connectivity index (χ1) is 20.6. The van der Waals surface area contributed by atoms with Gasteiger partial charge in [-0.25, -0.2) is 0 Å². The van der Waals surface area contributed by atoms with Gasteiger partial charge in [-0.15, -0.1) is 0 Å². The summed E-state index contributed by atoms with van der Waals surface area (Å²) in [7, 11) is 2.57. The predicted octanol–water partition coefficient (Wildman–Crippen LogP) is 3.31. The third-order valence-corrected chi connectivity index (χ3v) is 5.95. The Hall–Kier alpha value is -2.93. The van der Waals surface area contributed by atoms with E-state index in [1.54, 1.807) is 0 Å². The van der Waals surface area contributed by atoms with Crippen LogP contribution in [0.1, 0.15) is 49.7 Å². The standard InChI is InChI=1S/C27H36N2O5/c1-28(17-21-11-20-14-25(33-4)26(34-5)16-22(20)21)8-6-9-29-10-7-18-12-23(31-2)24(32-3)13-19(18)15-27(29)30/h12-14,16,21H,6-11,15,17H2,1-5H3/i4D3,7D2,8D2,10D2,17D2. The quantitative estimate of drug-likeness (QED) is 0.521. The highest BCUT2D eigenvalue weighted by atomic mass is 16.5. The number of carbonyl (C=O) groups excluding carboxylic acids is 1. The molecular formula is C27H36N2O5. The lowest BCUT2D eigenvalue weighted by Crippen LogP contribution is -2.36. The number of rotatable bonds is 10. The number of likely N-dealkylation sites (N-methyl/N-ethyl adjacent to an activating group) is 1. The van der Waals surface area contributed by atoms with Crippen molar-refractivity contribution >= 4 is 5.91 Å². The molecular weight excluding hydrogens is 432 g/mol. The van der Waals surface area contributed by atoms with E-state index >= 15 is 0 Å². The molecule has 2 aromatic rings. The van der Waals surface area contributed by atoms with Gasteiger partial charge >= 0.3 is 0 Å². The largest absolute Gasteiger partial charge is 0.493 e. The summed E-state index contributed by atoms with van der Waals surface area (Å²) in [5, 5.41) is 0. The van der Waals surface area contributed by atoms with E-state index in [2.05, 4.69) is 0 Å². The minimum Gasteiger partial charge on any atom is -0.493 e. The molecule has 0 saturated carbocycles. The molecule has 1 unspecified atom stereocenters. The van der Waals surface area contributed by atoms with E-state index in [-0.39, 0.29) is 47.0 Å². The summed E-state index contributed by atoms with van der Waals surface area (Å²) < 4.78 is 113. The zero-order valence-corrected chi connectivity index (χ0v) is 19.7. The molecule has 4 rings (SSSR count). The Balaban J connectivity index is 1.56. The normalized spacial score (nSPS) is 25.9. The Bertz CT molecular complexity index is 1470. The first kappa shape index (κ1) is 13.8. The van der Waals surface area contributed by atoms with E-state index in [9.17, 15) is 4.79 Å².